The van der Waals surface area contributed by atoms with Crippen LogP contribution in [0.3, 0.4) is 0 Å². The number of H-pyrrole nitrogens is 1. The van der Waals surface area contributed by atoms with Crippen molar-refractivity contribution in [3.05, 3.63) is 30.5 Å². The number of fused-ring (bicyclic) bond motifs is 1. The minimum atomic E-state index is -0.0353. The molecule has 1 amide bonds. The predicted molar refractivity (Wildman–Crippen MR) is 79.5 cm³/mol. The molecule has 1 aromatic carbocycles. The Hall–Kier alpha value is -1.52. The van der Waals surface area contributed by atoms with Crippen molar-refractivity contribution in [1.29, 1.82) is 0 Å². The fourth-order valence-electron chi connectivity index (χ4n) is 2.68. The maximum atomic E-state index is 12.1. The van der Waals surface area contributed by atoms with Gasteiger partial charge in [-0.05, 0) is 37.1 Å². The van der Waals surface area contributed by atoms with Crippen molar-refractivity contribution >= 4 is 34.9 Å². The lowest BCUT2D eigenvalue weighted by atomic mass is 10.0. The summed E-state index contributed by atoms with van der Waals surface area (Å²) in [6.07, 6.45) is 4.80. The van der Waals surface area contributed by atoms with Gasteiger partial charge in [-0.25, -0.2) is 0 Å². The zero-order chi connectivity index (χ0) is 12.5. The number of anilines is 1. The Morgan fingerprint density at radius 3 is 2.89 bits per heavy atom. The van der Waals surface area contributed by atoms with Gasteiger partial charge in [0.15, 0.2) is 0 Å². The van der Waals surface area contributed by atoms with E-state index in [1.54, 1.807) is 0 Å². The zero-order valence-electron chi connectivity index (χ0n) is 10.6. The van der Waals surface area contributed by atoms with Crippen molar-refractivity contribution in [1.82, 2.24) is 4.98 Å². The van der Waals surface area contributed by atoms with Crippen molar-refractivity contribution < 1.29 is 4.79 Å². The second kappa shape index (κ2) is 5.63. The number of benzene rings is 1. The molecule has 0 aliphatic heterocycles. The standard InChI is InChI=1S/C14H17N3O.ClH/c15-12-3-1-2-11(12)14(18)17-10-4-5-13-9(8-10)6-7-16-13;/h4-8,11-12,16H,1-3,15H2,(H,17,18);1H. The van der Waals surface area contributed by atoms with Gasteiger partial charge in [0.2, 0.25) is 5.91 Å². The maximum Gasteiger partial charge on any atom is 0.229 e. The Bertz CT molecular complexity index is 581. The summed E-state index contributed by atoms with van der Waals surface area (Å²) in [4.78, 5) is 15.2. The molecule has 1 aromatic heterocycles. The van der Waals surface area contributed by atoms with E-state index >= 15 is 0 Å². The number of nitrogens with two attached hydrogens (primary N) is 1. The SMILES string of the molecule is Cl.NC1CCCC1C(=O)Nc1ccc2[nH]ccc2c1. The van der Waals surface area contributed by atoms with Gasteiger partial charge in [-0.1, -0.05) is 6.42 Å². The van der Waals surface area contributed by atoms with Crippen LogP contribution in [-0.2, 0) is 4.79 Å². The van der Waals surface area contributed by atoms with E-state index in [1.807, 2.05) is 30.5 Å². The first kappa shape index (κ1) is 13.9. The first-order valence-corrected chi connectivity index (χ1v) is 6.37. The number of aromatic amines is 1. The maximum absolute atomic E-state index is 12.1. The molecule has 0 radical (unpaired) electrons. The van der Waals surface area contributed by atoms with E-state index < -0.39 is 0 Å². The summed E-state index contributed by atoms with van der Waals surface area (Å²) >= 11 is 0. The number of nitrogens with one attached hydrogen (secondary N) is 2. The summed E-state index contributed by atoms with van der Waals surface area (Å²) < 4.78 is 0. The first-order chi connectivity index (χ1) is 8.74. The third-order valence-corrected chi connectivity index (χ3v) is 3.73. The number of hydrogen-bond acceptors (Lipinski definition) is 2. The second-order valence-corrected chi connectivity index (χ2v) is 4.97. The Morgan fingerprint density at radius 1 is 1.32 bits per heavy atom. The number of carbonyl (C=O) groups excluding carboxylic acids is 1. The molecule has 0 bridgehead atoms. The minimum Gasteiger partial charge on any atom is -0.361 e. The molecular formula is C14H18ClN3O. The van der Waals surface area contributed by atoms with Gasteiger partial charge in [0.25, 0.3) is 0 Å². The number of aromatic nitrogens is 1. The van der Waals surface area contributed by atoms with Crippen molar-refractivity contribution in [2.75, 3.05) is 5.32 Å². The normalized spacial score (nSPS) is 22.2. The van der Waals surface area contributed by atoms with Gasteiger partial charge in [0.1, 0.15) is 0 Å². The molecule has 4 N–H and O–H groups in total. The molecule has 1 heterocycles. The van der Waals surface area contributed by atoms with Crippen LogP contribution < -0.4 is 11.1 Å². The lowest BCUT2D eigenvalue weighted by Crippen LogP contribution is -2.34. The monoisotopic (exact) mass is 279 g/mol. The summed E-state index contributed by atoms with van der Waals surface area (Å²) in [6.45, 7) is 0. The predicted octanol–water partition coefficient (Wildman–Crippen LogP) is 2.66. The van der Waals surface area contributed by atoms with Gasteiger partial charge in [-0.15, -0.1) is 12.4 Å². The lowest BCUT2D eigenvalue weighted by Gasteiger charge is -2.15. The van der Waals surface area contributed by atoms with Crippen LogP contribution >= 0.6 is 12.4 Å². The molecule has 2 aromatic rings. The number of halogens is 1. The molecule has 2 unspecified atom stereocenters. The third kappa shape index (κ3) is 2.74. The quantitative estimate of drug-likeness (QED) is 0.791. The van der Waals surface area contributed by atoms with Crippen LogP contribution in [0.1, 0.15) is 19.3 Å². The van der Waals surface area contributed by atoms with E-state index in [1.165, 1.54) is 0 Å². The smallest absolute Gasteiger partial charge is 0.229 e. The van der Waals surface area contributed by atoms with E-state index in [0.717, 1.165) is 35.9 Å². The van der Waals surface area contributed by atoms with Crippen molar-refractivity contribution in [3.8, 4) is 0 Å². The minimum absolute atomic E-state index is 0. The van der Waals surface area contributed by atoms with Gasteiger partial charge < -0.3 is 16.0 Å². The van der Waals surface area contributed by atoms with Crippen LogP contribution in [0.25, 0.3) is 10.9 Å². The van der Waals surface area contributed by atoms with E-state index in [2.05, 4.69) is 10.3 Å². The van der Waals surface area contributed by atoms with E-state index in [-0.39, 0.29) is 30.3 Å². The molecule has 0 saturated heterocycles. The van der Waals surface area contributed by atoms with Crippen molar-refractivity contribution in [2.45, 2.75) is 25.3 Å². The van der Waals surface area contributed by atoms with Crippen molar-refractivity contribution in [2.24, 2.45) is 11.7 Å². The number of carbonyl (C=O) groups is 1. The van der Waals surface area contributed by atoms with Gasteiger partial charge in [0.05, 0.1) is 5.92 Å². The lowest BCUT2D eigenvalue weighted by molar-refractivity contribution is -0.120. The molecule has 1 aliphatic carbocycles. The summed E-state index contributed by atoms with van der Waals surface area (Å²) in [5.74, 6) is 0.0156. The van der Waals surface area contributed by atoms with Crippen LogP contribution in [0.2, 0.25) is 0 Å². The second-order valence-electron chi connectivity index (χ2n) is 4.97. The highest BCUT2D eigenvalue weighted by molar-refractivity contribution is 5.95. The van der Waals surface area contributed by atoms with Crippen LogP contribution in [0, 0.1) is 5.92 Å². The Labute approximate surface area is 118 Å². The van der Waals surface area contributed by atoms with Crippen molar-refractivity contribution in [3.63, 3.8) is 0 Å². The Morgan fingerprint density at radius 2 is 2.16 bits per heavy atom. The first-order valence-electron chi connectivity index (χ1n) is 6.37. The summed E-state index contributed by atoms with van der Waals surface area (Å²) in [6, 6.07) is 7.87. The fraction of sp³-hybridized carbons (Fsp3) is 0.357. The number of hydrogen-bond donors (Lipinski definition) is 3. The molecule has 4 nitrogen and oxygen atoms in total. The highest BCUT2D eigenvalue weighted by Gasteiger charge is 2.30. The van der Waals surface area contributed by atoms with Crippen LogP contribution in [-0.4, -0.2) is 16.9 Å². The van der Waals surface area contributed by atoms with Crippen LogP contribution in [0.4, 0.5) is 5.69 Å². The van der Waals surface area contributed by atoms with Gasteiger partial charge in [-0.3, -0.25) is 4.79 Å². The molecule has 2 atom stereocenters. The number of amides is 1. The van der Waals surface area contributed by atoms with Gasteiger partial charge >= 0.3 is 0 Å². The average Bonchev–Trinajstić information content (AvgIpc) is 2.96. The topological polar surface area (TPSA) is 70.9 Å². The zero-order valence-corrected chi connectivity index (χ0v) is 11.4. The Kier molecular flexibility index (Phi) is 4.12. The van der Waals surface area contributed by atoms with E-state index in [0.29, 0.717) is 0 Å². The van der Waals surface area contributed by atoms with Crippen LogP contribution in [0.15, 0.2) is 30.5 Å². The molecule has 3 rings (SSSR count). The fourth-order valence-corrected chi connectivity index (χ4v) is 2.68. The molecule has 5 heteroatoms. The summed E-state index contributed by atoms with van der Waals surface area (Å²) in [5.41, 5.74) is 7.86. The average molecular weight is 280 g/mol. The molecule has 0 spiro atoms. The third-order valence-electron chi connectivity index (χ3n) is 3.73. The molecule has 1 saturated carbocycles. The molecule has 1 fully saturated rings. The summed E-state index contributed by atoms with van der Waals surface area (Å²) in [7, 11) is 0. The molecule has 19 heavy (non-hydrogen) atoms. The largest absolute Gasteiger partial charge is 0.361 e. The van der Waals surface area contributed by atoms with Gasteiger partial charge in [-0.2, -0.15) is 0 Å². The Balaban J connectivity index is 0.00000133. The molecule has 1 aliphatic rings. The number of rotatable bonds is 2. The molecular weight excluding hydrogens is 262 g/mol. The van der Waals surface area contributed by atoms with Gasteiger partial charge in [0, 0.05) is 28.8 Å². The van der Waals surface area contributed by atoms with E-state index in [4.69, 9.17) is 5.73 Å². The summed E-state index contributed by atoms with van der Waals surface area (Å²) in [5, 5.41) is 4.06. The highest BCUT2D eigenvalue weighted by Crippen LogP contribution is 2.26. The van der Waals surface area contributed by atoms with Crippen LogP contribution in [0.5, 0.6) is 0 Å². The van der Waals surface area contributed by atoms with E-state index in [9.17, 15) is 4.79 Å². The molecule has 102 valence electrons. The highest BCUT2D eigenvalue weighted by atomic mass is 35.5.